The Balaban J connectivity index is 0.00000342. The molecule has 188 valence electrons. The quantitative estimate of drug-likeness (QED) is 0.510. The molecule has 4 rings (SSSR count). The number of hydrogen-bond donors (Lipinski definition) is 2. The number of likely N-dealkylation sites (tertiary alicyclic amines) is 1. The molecule has 8 nitrogen and oxygen atoms in total. The highest BCUT2D eigenvalue weighted by Gasteiger charge is 2.31. The molecule has 1 atom stereocenters. The molecule has 0 saturated carbocycles. The summed E-state index contributed by atoms with van der Waals surface area (Å²) in [4.78, 5) is 45.7. The van der Waals surface area contributed by atoms with E-state index in [2.05, 4.69) is 20.5 Å². The van der Waals surface area contributed by atoms with Crippen molar-refractivity contribution < 1.29 is 14.4 Å². The number of anilines is 3. The number of halogens is 1. The van der Waals surface area contributed by atoms with Crippen molar-refractivity contribution in [2.45, 2.75) is 39.0 Å². The van der Waals surface area contributed by atoms with Crippen LogP contribution >= 0.6 is 12.4 Å². The first-order valence-corrected chi connectivity index (χ1v) is 12.1. The van der Waals surface area contributed by atoms with Gasteiger partial charge in [-0.2, -0.15) is 0 Å². The maximum atomic E-state index is 13.6. The summed E-state index contributed by atoms with van der Waals surface area (Å²) in [7, 11) is 0. The summed E-state index contributed by atoms with van der Waals surface area (Å²) < 4.78 is 0. The van der Waals surface area contributed by atoms with Crippen molar-refractivity contribution in [1.82, 2.24) is 15.2 Å². The number of Topliss-reactive ketones (excluding diaryl/α,β-unsaturated/α-hetero) is 1. The summed E-state index contributed by atoms with van der Waals surface area (Å²) >= 11 is 0. The van der Waals surface area contributed by atoms with E-state index >= 15 is 0 Å². The summed E-state index contributed by atoms with van der Waals surface area (Å²) in [5, 5.41) is 6.06. The zero-order valence-corrected chi connectivity index (χ0v) is 21.0. The number of ketones is 1. The molecule has 35 heavy (non-hydrogen) atoms. The number of pyridine rings is 1. The van der Waals surface area contributed by atoms with E-state index in [1.807, 2.05) is 6.07 Å². The zero-order chi connectivity index (χ0) is 23.9. The predicted molar refractivity (Wildman–Crippen MR) is 140 cm³/mol. The number of nitrogens with one attached hydrogen (secondary N) is 2. The van der Waals surface area contributed by atoms with Crippen LogP contribution < -0.4 is 15.5 Å². The monoisotopic (exact) mass is 499 g/mol. The van der Waals surface area contributed by atoms with E-state index < -0.39 is 0 Å². The van der Waals surface area contributed by atoms with Crippen LogP contribution in [0.4, 0.5) is 17.2 Å². The molecule has 1 unspecified atom stereocenters. The SMILES string of the molecule is CC(=O)CNCCCCC1CCCN(CC(=O)N2c3ccccc3C(=O)Nc3cccnc32)C1.Cl. The number of aromatic nitrogens is 1. The third-order valence-electron chi connectivity index (χ3n) is 6.44. The second-order valence-corrected chi connectivity index (χ2v) is 9.19. The fourth-order valence-electron chi connectivity index (χ4n) is 4.83. The molecule has 3 heterocycles. The Bertz CT molecular complexity index is 1050. The highest BCUT2D eigenvalue weighted by Crippen LogP contribution is 2.36. The number of unbranched alkanes of at least 4 members (excludes halogenated alkanes) is 1. The first-order chi connectivity index (χ1) is 16.5. The summed E-state index contributed by atoms with van der Waals surface area (Å²) in [6.45, 7) is 4.98. The summed E-state index contributed by atoms with van der Waals surface area (Å²) in [6.07, 6.45) is 7.19. The lowest BCUT2D eigenvalue weighted by Crippen LogP contribution is -2.43. The zero-order valence-electron chi connectivity index (χ0n) is 20.2. The Kier molecular flexibility index (Phi) is 9.77. The number of nitrogens with zero attached hydrogens (tertiary/aromatic N) is 3. The summed E-state index contributed by atoms with van der Waals surface area (Å²) in [5.41, 5.74) is 1.56. The minimum Gasteiger partial charge on any atom is -0.319 e. The van der Waals surface area contributed by atoms with E-state index in [0.29, 0.717) is 35.2 Å². The molecule has 2 aromatic rings. The smallest absolute Gasteiger partial charge is 0.257 e. The highest BCUT2D eigenvalue weighted by molar-refractivity contribution is 6.17. The van der Waals surface area contributed by atoms with Gasteiger partial charge in [0.05, 0.1) is 30.0 Å². The van der Waals surface area contributed by atoms with Crippen molar-refractivity contribution in [1.29, 1.82) is 0 Å². The Hall–Kier alpha value is -2.81. The highest BCUT2D eigenvalue weighted by atomic mass is 35.5. The molecule has 0 spiro atoms. The van der Waals surface area contributed by atoms with Crippen molar-refractivity contribution in [2.75, 3.05) is 42.9 Å². The lowest BCUT2D eigenvalue weighted by molar-refractivity contribution is -0.119. The van der Waals surface area contributed by atoms with Crippen molar-refractivity contribution in [3.05, 3.63) is 48.2 Å². The van der Waals surface area contributed by atoms with Crippen LogP contribution in [0.25, 0.3) is 0 Å². The third kappa shape index (κ3) is 6.87. The molecule has 9 heteroatoms. The van der Waals surface area contributed by atoms with Crippen molar-refractivity contribution in [2.24, 2.45) is 5.92 Å². The van der Waals surface area contributed by atoms with Crippen LogP contribution in [-0.2, 0) is 9.59 Å². The number of piperidine rings is 1. The standard InChI is InChI=1S/C26H33N5O3.ClH/c1-19(32)16-27-13-5-4-8-20-9-7-15-30(17-20)18-24(33)31-23-12-3-2-10-21(23)26(34)29-22-11-6-14-28-25(22)31;/h2-3,6,10-12,14,20,27H,4-5,7-9,13,15-18H2,1H3,(H,29,34);1H. The van der Waals surface area contributed by atoms with E-state index in [9.17, 15) is 14.4 Å². The number of carbonyl (C=O) groups is 3. The van der Waals surface area contributed by atoms with E-state index in [1.54, 1.807) is 48.4 Å². The van der Waals surface area contributed by atoms with Crippen LogP contribution in [0, 0.1) is 5.92 Å². The van der Waals surface area contributed by atoms with Crippen LogP contribution in [0.3, 0.4) is 0 Å². The predicted octanol–water partition coefficient (Wildman–Crippen LogP) is 3.79. The Labute approximate surface area is 212 Å². The van der Waals surface area contributed by atoms with Crippen LogP contribution in [-0.4, -0.2) is 60.2 Å². The van der Waals surface area contributed by atoms with Crippen LogP contribution in [0.5, 0.6) is 0 Å². The molecule has 1 aromatic heterocycles. The average Bonchev–Trinajstić information content (AvgIpc) is 2.95. The Morgan fingerprint density at radius 3 is 2.83 bits per heavy atom. The Morgan fingerprint density at radius 2 is 2.00 bits per heavy atom. The molecular weight excluding hydrogens is 466 g/mol. The van der Waals surface area contributed by atoms with Gasteiger partial charge in [0.25, 0.3) is 5.91 Å². The molecule has 1 aromatic carbocycles. The van der Waals surface area contributed by atoms with Crippen molar-refractivity contribution in [3.63, 3.8) is 0 Å². The molecule has 2 N–H and O–H groups in total. The first-order valence-electron chi connectivity index (χ1n) is 12.1. The van der Waals surface area contributed by atoms with Gasteiger partial charge in [0, 0.05) is 12.7 Å². The maximum absolute atomic E-state index is 13.6. The number of fused-ring (bicyclic) bond motifs is 2. The van der Waals surface area contributed by atoms with Crippen LogP contribution in [0.1, 0.15) is 49.4 Å². The topological polar surface area (TPSA) is 94.6 Å². The van der Waals surface area contributed by atoms with Gasteiger partial charge in [-0.3, -0.25) is 24.2 Å². The van der Waals surface area contributed by atoms with Gasteiger partial charge in [0.15, 0.2) is 5.82 Å². The second kappa shape index (κ2) is 12.8. The molecule has 0 radical (unpaired) electrons. The van der Waals surface area contributed by atoms with Gasteiger partial charge < -0.3 is 10.6 Å². The van der Waals surface area contributed by atoms with Crippen LogP contribution in [0.15, 0.2) is 42.6 Å². The van der Waals surface area contributed by atoms with Crippen molar-refractivity contribution >= 4 is 47.2 Å². The van der Waals surface area contributed by atoms with Gasteiger partial charge in [-0.1, -0.05) is 18.6 Å². The first kappa shape index (κ1) is 26.8. The number of amides is 2. The Morgan fingerprint density at radius 1 is 1.17 bits per heavy atom. The minimum absolute atomic E-state index is 0. The fraction of sp³-hybridized carbons (Fsp3) is 0.462. The number of rotatable bonds is 9. The molecule has 2 aliphatic rings. The summed E-state index contributed by atoms with van der Waals surface area (Å²) in [5.74, 6) is 0.864. The molecule has 0 bridgehead atoms. The molecule has 0 aliphatic carbocycles. The molecule has 2 aliphatic heterocycles. The minimum atomic E-state index is -0.240. The van der Waals surface area contributed by atoms with E-state index in [4.69, 9.17) is 0 Å². The number of carbonyl (C=O) groups excluding carboxylic acids is 3. The molecular formula is C26H34ClN5O3. The molecule has 1 saturated heterocycles. The van der Waals surface area contributed by atoms with E-state index in [1.165, 1.54) is 6.42 Å². The second-order valence-electron chi connectivity index (χ2n) is 9.19. The van der Waals surface area contributed by atoms with Gasteiger partial charge in [-0.15, -0.1) is 12.4 Å². The van der Waals surface area contributed by atoms with E-state index in [0.717, 1.165) is 45.3 Å². The number of para-hydroxylation sites is 1. The number of benzene rings is 1. The average molecular weight is 500 g/mol. The van der Waals surface area contributed by atoms with Gasteiger partial charge >= 0.3 is 0 Å². The maximum Gasteiger partial charge on any atom is 0.257 e. The lowest BCUT2D eigenvalue weighted by atomic mass is 9.92. The number of hydrogen-bond acceptors (Lipinski definition) is 6. The van der Waals surface area contributed by atoms with Crippen molar-refractivity contribution in [3.8, 4) is 0 Å². The fourth-order valence-corrected chi connectivity index (χ4v) is 4.83. The molecule has 1 fully saturated rings. The van der Waals surface area contributed by atoms with Gasteiger partial charge in [0.2, 0.25) is 5.91 Å². The van der Waals surface area contributed by atoms with E-state index in [-0.39, 0.29) is 36.5 Å². The third-order valence-corrected chi connectivity index (χ3v) is 6.44. The largest absolute Gasteiger partial charge is 0.319 e. The lowest BCUT2D eigenvalue weighted by Gasteiger charge is -2.34. The summed E-state index contributed by atoms with van der Waals surface area (Å²) in [6, 6.07) is 10.7. The van der Waals surface area contributed by atoms with Crippen LogP contribution in [0.2, 0.25) is 0 Å². The van der Waals surface area contributed by atoms with Gasteiger partial charge in [0.1, 0.15) is 5.78 Å². The normalized spacial score (nSPS) is 17.5. The van der Waals surface area contributed by atoms with Gasteiger partial charge in [-0.05, 0) is 75.9 Å². The molecule has 2 amide bonds. The van der Waals surface area contributed by atoms with Gasteiger partial charge in [-0.25, -0.2) is 4.98 Å².